The number of carbonyl (C=O) groups is 1. The van der Waals surface area contributed by atoms with Crippen molar-refractivity contribution in [3.05, 3.63) is 23.8 Å². The third-order valence-corrected chi connectivity index (χ3v) is 3.94. The van der Waals surface area contributed by atoms with Crippen molar-refractivity contribution in [3.63, 3.8) is 0 Å². The average molecular weight is 264 g/mol. The van der Waals surface area contributed by atoms with Crippen LogP contribution < -0.4 is 0 Å². The van der Waals surface area contributed by atoms with E-state index in [2.05, 4.69) is 33.4 Å². The van der Waals surface area contributed by atoms with Crippen molar-refractivity contribution in [2.75, 3.05) is 0 Å². The Bertz CT molecular complexity index is 341. The Morgan fingerprint density at radius 3 is 2.79 bits per heavy atom. The van der Waals surface area contributed by atoms with Crippen molar-refractivity contribution in [2.45, 2.75) is 71.8 Å². The summed E-state index contributed by atoms with van der Waals surface area (Å²) in [7, 11) is 0. The van der Waals surface area contributed by atoms with Crippen LogP contribution >= 0.6 is 0 Å². The molecule has 0 spiro atoms. The number of rotatable bonds is 7. The molecular weight excluding hydrogens is 236 g/mol. The maximum Gasteiger partial charge on any atom is 0.306 e. The maximum atomic E-state index is 11.8. The minimum absolute atomic E-state index is 0.0332. The molecule has 0 saturated heterocycles. The van der Waals surface area contributed by atoms with Crippen LogP contribution in [0, 0.1) is 5.92 Å². The number of unbranched alkanes of at least 4 members (excludes halogenated alkanes) is 3. The van der Waals surface area contributed by atoms with Crippen LogP contribution in [0.3, 0.4) is 0 Å². The molecule has 0 aromatic carbocycles. The summed E-state index contributed by atoms with van der Waals surface area (Å²) in [6.45, 7) is 10.3. The molecular formula is C17H28O2. The molecule has 1 aliphatic rings. The molecule has 0 radical (unpaired) electrons. The van der Waals surface area contributed by atoms with E-state index < -0.39 is 0 Å². The molecule has 2 atom stereocenters. The molecule has 1 aliphatic carbocycles. The predicted molar refractivity (Wildman–Crippen MR) is 79.9 cm³/mol. The molecule has 2 unspecified atom stereocenters. The van der Waals surface area contributed by atoms with Crippen LogP contribution in [0.25, 0.3) is 0 Å². The molecule has 0 heterocycles. The molecule has 0 N–H and O–H groups in total. The summed E-state index contributed by atoms with van der Waals surface area (Å²) >= 11 is 0. The number of ether oxygens (including phenoxy) is 1. The van der Waals surface area contributed by atoms with Gasteiger partial charge >= 0.3 is 5.97 Å². The van der Waals surface area contributed by atoms with Crippen molar-refractivity contribution >= 4 is 5.97 Å². The Morgan fingerprint density at radius 1 is 1.42 bits per heavy atom. The molecule has 1 rings (SSSR count). The maximum absolute atomic E-state index is 11.8. The smallest absolute Gasteiger partial charge is 0.306 e. The predicted octanol–water partition coefficient (Wildman–Crippen LogP) is 4.80. The fourth-order valence-electron chi connectivity index (χ4n) is 2.46. The summed E-state index contributed by atoms with van der Waals surface area (Å²) in [5, 5.41) is 0. The lowest BCUT2D eigenvalue weighted by Crippen LogP contribution is -2.26. The molecule has 108 valence electrons. The topological polar surface area (TPSA) is 26.3 Å². The van der Waals surface area contributed by atoms with Crippen LogP contribution in [0.15, 0.2) is 23.8 Å². The molecule has 2 heteroatoms. The zero-order valence-corrected chi connectivity index (χ0v) is 12.7. The van der Waals surface area contributed by atoms with E-state index in [1.165, 1.54) is 24.0 Å². The SMILES string of the molecule is C=C(C)C1CC=C(C)C(OC(=O)CCCCCC)C1. The Balaban J connectivity index is 2.38. The van der Waals surface area contributed by atoms with Crippen molar-refractivity contribution in [2.24, 2.45) is 5.92 Å². The van der Waals surface area contributed by atoms with Crippen LogP contribution in [-0.4, -0.2) is 12.1 Å². The molecule has 0 aliphatic heterocycles. The quantitative estimate of drug-likeness (QED) is 0.375. The van der Waals surface area contributed by atoms with Crippen LogP contribution in [0.4, 0.5) is 0 Å². The second-order valence-corrected chi connectivity index (χ2v) is 5.75. The van der Waals surface area contributed by atoms with Crippen LogP contribution in [-0.2, 0) is 9.53 Å². The van der Waals surface area contributed by atoms with Gasteiger partial charge in [-0.1, -0.05) is 44.4 Å². The van der Waals surface area contributed by atoms with Gasteiger partial charge in [0, 0.05) is 6.42 Å². The lowest BCUT2D eigenvalue weighted by Gasteiger charge is -2.28. The monoisotopic (exact) mass is 264 g/mol. The highest BCUT2D eigenvalue weighted by atomic mass is 16.5. The Kier molecular flexibility index (Phi) is 6.90. The standard InChI is InChI=1S/C17H28O2/c1-5-6-7-8-9-17(18)19-16-12-15(13(2)3)11-10-14(16)4/h10,15-16H,2,5-9,11-12H2,1,3-4H3. The molecule has 0 fully saturated rings. The van der Waals surface area contributed by atoms with E-state index in [4.69, 9.17) is 4.74 Å². The lowest BCUT2D eigenvalue weighted by molar-refractivity contribution is -0.148. The molecule has 2 nitrogen and oxygen atoms in total. The fourth-order valence-corrected chi connectivity index (χ4v) is 2.46. The van der Waals surface area contributed by atoms with Crippen LogP contribution in [0.2, 0.25) is 0 Å². The van der Waals surface area contributed by atoms with Gasteiger partial charge in [-0.2, -0.15) is 0 Å². The first kappa shape index (κ1) is 16.0. The highest BCUT2D eigenvalue weighted by Gasteiger charge is 2.25. The first-order valence-corrected chi connectivity index (χ1v) is 7.56. The third-order valence-electron chi connectivity index (χ3n) is 3.94. The van der Waals surface area contributed by atoms with Gasteiger partial charge in [0.1, 0.15) is 6.10 Å². The zero-order chi connectivity index (χ0) is 14.3. The Labute approximate surface area is 117 Å². The normalized spacial score (nSPS) is 22.8. The second kappa shape index (κ2) is 8.19. The summed E-state index contributed by atoms with van der Waals surface area (Å²) in [6.07, 6.45) is 9.12. The molecule has 0 aromatic rings. The zero-order valence-electron chi connectivity index (χ0n) is 12.7. The Hall–Kier alpha value is -1.05. The first-order valence-electron chi connectivity index (χ1n) is 7.56. The number of hydrogen-bond acceptors (Lipinski definition) is 2. The minimum Gasteiger partial charge on any atom is -0.458 e. The first-order chi connectivity index (χ1) is 9.04. The van der Waals surface area contributed by atoms with Crippen LogP contribution in [0.5, 0.6) is 0 Å². The summed E-state index contributed by atoms with van der Waals surface area (Å²) in [4.78, 5) is 11.8. The van der Waals surface area contributed by atoms with Gasteiger partial charge in [-0.15, -0.1) is 0 Å². The molecule has 19 heavy (non-hydrogen) atoms. The van der Waals surface area contributed by atoms with Crippen molar-refractivity contribution in [1.82, 2.24) is 0 Å². The molecule has 0 saturated carbocycles. The fraction of sp³-hybridized carbons (Fsp3) is 0.706. The van der Waals surface area contributed by atoms with Gasteiger partial charge in [0.2, 0.25) is 0 Å². The van der Waals surface area contributed by atoms with E-state index in [0.29, 0.717) is 12.3 Å². The summed E-state index contributed by atoms with van der Waals surface area (Å²) < 4.78 is 5.62. The largest absolute Gasteiger partial charge is 0.458 e. The van der Waals surface area contributed by atoms with E-state index in [9.17, 15) is 4.79 Å². The van der Waals surface area contributed by atoms with Gasteiger partial charge < -0.3 is 4.74 Å². The van der Waals surface area contributed by atoms with Gasteiger partial charge in [0.05, 0.1) is 0 Å². The minimum atomic E-state index is -0.0452. The lowest BCUT2D eigenvalue weighted by atomic mass is 9.84. The Morgan fingerprint density at radius 2 is 2.16 bits per heavy atom. The van der Waals surface area contributed by atoms with Gasteiger partial charge in [0.15, 0.2) is 0 Å². The number of carbonyl (C=O) groups excluding carboxylic acids is 1. The molecule has 0 amide bonds. The van der Waals surface area contributed by atoms with Crippen molar-refractivity contribution < 1.29 is 9.53 Å². The number of allylic oxidation sites excluding steroid dienone is 2. The average Bonchev–Trinajstić information content (AvgIpc) is 2.37. The van der Waals surface area contributed by atoms with E-state index >= 15 is 0 Å². The molecule has 0 aromatic heterocycles. The van der Waals surface area contributed by atoms with Crippen LogP contribution in [0.1, 0.15) is 65.7 Å². The third kappa shape index (κ3) is 5.63. The number of esters is 1. The highest BCUT2D eigenvalue weighted by Crippen LogP contribution is 2.30. The van der Waals surface area contributed by atoms with E-state index in [1.54, 1.807) is 0 Å². The summed E-state index contributed by atoms with van der Waals surface area (Å²) in [5.74, 6) is 0.415. The van der Waals surface area contributed by atoms with Gasteiger partial charge in [-0.3, -0.25) is 4.79 Å². The second-order valence-electron chi connectivity index (χ2n) is 5.75. The van der Waals surface area contributed by atoms with E-state index in [0.717, 1.165) is 25.7 Å². The van der Waals surface area contributed by atoms with Crippen molar-refractivity contribution in [3.8, 4) is 0 Å². The number of hydrogen-bond donors (Lipinski definition) is 0. The van der Waals surface area contributed by atoms with Gasteiger partial charge in [-0.05, 0) is 44.6 Å². The van der Waals surface area contributed by atoms with Crippen molar-refractivity contribution in [1.29, 1.82) is 0 Å². The molecule has 0 bridgehead atoms. The van der Waals surface area contributed by atoms with E-state index in [1.807, 2.05) is 0 Å². The van der Waals surface area contributed by atoms with Gasteiger partial charge in [-0.25, -0.2) is 0 Å². The van der Waals surface area contributed by atoms with E-state index in [-0.39, 0.29) is 12.1 Å². The summed E-state index contributed by atoms with van der Waals surface area (Å²) in [6, 6.07) is 0. The summed E-state index contributed by atoms with van der Waals surface area (Å²) in [5.41, 5.74) is 2.38. The highest BCUT2D eigenvalue weighted by molar-refractivity contribution is 5.69. The van der Waals surface area contributed by atoms with Gasteiger partial charge in [0.25, 0.3) is 0 Å².